The standard InChI is InChI=1S/C22H32N2/c1-16-2-4-17(5-3-16)15-23-6-8-24(9-7-23)22-20-11-18-10-19(13-20)14-21(22)12-18/h2-5,18-22H,6-15H2,1H3. The SMILES string of the molecule is Cc1ccc(CN2CCN(C3C4CC5CC(C4)CC3C5)CC2)cc1. The molecule has 0 aromatic heterocycles. The number of rotatable bonds is 3. The quantitative estimate of drug-likeness (QED) is 0.831. The van der Waals surface area contributed by atoms with E-state index in [1.165, 1.54) is 37.3 Å². The first-order chi connectivity index (χ1) is 11.7. The molecule has 6 rings (SSSR count). The van der Waals surface area contributed by atoms with E-state index in [0.29, 0.717) is 0 Å². The first kappa shape index (κ1) is 15.4. The number of nitrogens with zero attached hydrogens (tertiary/aromatic N) is 2. The van der Waals surface area contributed by atoms with Crippen molar-refractivity contribution in [1.29, 1.82) is 0 Å². The molecule has 0 spiro atoms. The minimum Gasteiger partial charge on any atom is -0.297 e. The van der Waals surface area contributed by atoms with Gasteiger partial charge in [-0.05, 0) is 68.3 Å². The van der Waals surface area contributed by atoms with Crippen LogP contribution in [0.3, 0.4) is 0 Å². The Labute approximate surface area is 147 Å². The van der Waals surface area contributed by atoms with Crippen LogP contribution < -0.4 is 0 Å². The summed E-state index contributed by atoms with van der Waals surface area (Å²) in [6.07, 6.45) is 7.80. The van der Waals surface area contributed by atoms with Gasteiger partial charge >= 0.3 is 0 Å². The van der Waals surface area contributed by atoms with Crippen molar-refractivity contribution in [3.63, 3.8) is 0 Å². The van der Waals surface area contributed by atoms with E-state index in [1.807, 2.05) is 0 Å². The first-order valence-electron chi connectivity index (χ1n) is 10.3. The lowest BCUT2D eigenvalue weighted by Crippen LogP contribution is -2.60. The Morgan fingerprint density at radius 2 is 1.38 bits per heavy atom. The van der Waals surface area contributed by atoms with Crippen LogP contribution in [0.15, 0.2) is 24.3 Å². The summed E-state index contributed by atoms with van der Waals surface area (Å²) < 4.78 is 0. The first-order valence-corrected chi connectivity index (χ1v) is 10.3. The van der Waals surface area contributed by atoms with Gasteiger partial charge in [-0.2, -0.15) is 0 Å². The average Bonchev–Trinajstić information content (AvgIpc) is 2.57. The molecule has 1 aliphatic heterocycles. The van der Waals surface area contributed by atoms with Crippen LogP contribution in [0.4, 0.5) is 0 Å². The summed E-state index contributed by atoms with van der Waals surface area (Å²) in [5.41, 5.74) is 2.84. The van der Waals surface area contributed by atoms with E-state index in [2.05, 4.69) is 41.0 Å². The molecule has 130 valence electrons. The van der Waals surface area contributed by atoms with Crippen molar-refractivity contribution >= 4 is 0 Å². The molecule has 5 fully saturated rings. The van der Waals surface area contributed by atoms with Crippen molar-refractivity contribution in [1.82, 2.24) is 9.80 Å². The normalized spacial score (nSPS) is 39.5. The zero-order valence-electron chi connectivity index (χ0n) is 15.2. The molecule has 1 saturated heterocycles. The molecular formula is C22H32N2. The maximum atomic E-state index is 2.90. The van der Waals surface area contributed by atoms with Gasteiger partial charge in [0, 0.05) is 38.8 Å². The lowest BCUT2D eigenvalue weighted by molar-refractivity contribution is -0.0769. The smallest absolute Gasteiger partial charge is 0.0234 e. The van der Waals surface area contributed by atoms with Crippen LogP contribution in [0.25, 0.3) is 0 Å². The van der Waals surface area contributed by atoms with E-state index in [1.54, 1.807) is 32.1 Å². The van der Waals surface area contributed by atoms with Crippen LogP contribution in [-0.2, 0) is 6.54 Å². The molecule has 4 bridgehead atoms. The zero-order valence-corrected chi connectivity index (χ0v) is 15.2. The van der Waals surface area contributed by atoms with Gasteiger partial charge < -0.3 is 0 Å². The summed E-state index contributed by atoms with van der Waals surface area (Å²) >= 11 is 0. The second-order valence-electron chi connectivity index (χ2n) is 9.22. The van der Waals surface area contributed by atoms with Crippen LogP contribution >= 0.6 is 0 Å². The summed E-state index contributed by atoms with van der Waals surface area (Å²) in [5.74, 6) is 4.30. The van der Waals surface area contributed by atoms with Gasteiger partial charge in [-0.15, -0.1) is 0 Å². The van der Waals surface area contributed by atoms with Crippen LogP contribution in [0.1, 0.15) is 43.2 Å². The number of aryl methyl sites for hydroxylation is 1. The van der Waals surface area contributed by atoms with Gasteiger partial charge in [-0.3, -0.25) is 9.80 Å². The minimum atomic E-state index is 0.944. The van der Waals surface area contributed by atoms with Gasteiger partial charge in [0.25, 0.3) is 0 Å². The molecule has 2 heteroatoms. The van der Waals surface area contributed by atoms with Gasteiger partial charge in [-0.1, -0.05) is 29.8 Å². The number of hydrogen-bond acceptors (Lipinski definition) is 2. The predicted molar refractivity (Wildman–Crippen MR) is 98.9 cm³/mol. The third-order valence-corrected chi connectivity index (χ3v) is 7.53. The minimum absolute atomic E-state index is 0.944. The van der Waals surface area contributed by atoms with E-state index in [0.717, 1.165) is 36.3 Å². The van der Waals surface area contributed by atoms with Crippen LogP contribution in [0.2, 0.25) is 0 Å². The molecule has 0 N–H and O–H groups in total. The van der Waals surface area contributed by atoms with E-state index in [-0.39, 0.29) is 0 Å². The third kappa shape index (κ3) is 2.82. The fraction of sp³-hybridized carbons (Fsp3) is 0.727. The largest absolute Gasteiger partial charge is 0.297 e. The Morgan fingerprint density at radius 1 is 0.792 bits per heavy atom. The van der Waals surface area contributed by atoms with Crippen LogP contribution in [0, 0.1) is 30.6 Å². The zero-order chi connectivity index (χ0) is 16.1. The Balaban J connectivity index is 1.19. The van der Waals surface area contributed by atoms with E-state index < -0.39 is 0 Å². The molecule has 0 amide bonds. The van der Waals surface area contributed by atoms with Gasteiger partial charge in [0.05, 0.1) is 0 Å². The Hall–Kier alpha value is -0.860. The van der Waals surface area contributed by atoms with Crippen molar-refractivity contribution in [3.05, 3.63) is 35.4 Å². The van der Waals surface area contributed by atoms with Crippen LogP contribution in [-0.4, -0.2) is 42.0 Å². The van der Waals surface area contributed by atoms with Crippen molar-refractivity contribution in [2.24, 2.45) is 23.7 Å². The maximum Gasteiger partial charge on any atom is 0.0234 e. The Kier molecular flexibility index (Phi) is 3.94. The van der Waals surface area contributed by atoms with Crippen molar-refractivity contribution < 1.29 is 0 Å². The van der Waals surface area contributed by atoms with Gasteiger partial charge in [0.15, 0.2) is 0 Å². The monoisotopic (exact) mass is 324 g/mol. The van der Waals surface area contributed by atoms with E-state index in [4.69, 9.17) is 0 Å². The third-order valence-electron chi connectivity index (χ3n) is 7.53. The van der Waals surface area contributed by atoms with Gasteiger partial charge in [-0.25, -0.2) is 0 Å². The molecule has 0 unspecified atom stereocenters. The molecule has 1 aromatic rings. The highest BCUT2D eigenvalue weighted by atomic mass is 15.3. The molecule has 5 aliphatic rings. The Bertz CT molecular complexity index is 542. The van der Waals surface area contributed by atoms with E-state index >= 15 is 0 Å². The van der Waals surface area contributed by atoms with Crippen molar-refractivity contribution in [2.45, 2.75) is 51.6 Å². The number of hydrogen-bond donors (Lipinski definition) is 0. The molecular weight excluding hydrogens is 292 g/mol. The lowest BCUT2D eigenvalue weighted by Gasteiger charge is -2.58. The summed E-state index contributed by atoms with van der Waals surface area (Å²) in [5, 5.41) is 0. The number of piperazine rings is 1. The molecule has 1 aromatic carbocycles. The molecule has 0 radical (unpaired) electrons. The fourth-order valence-corrected chi connectivity index (χ4v) is 6.66. The summed E-state index contributed by atoms with van der Waals surface area (Å²) in [7, 11) is 0. The molecule has 1 heterocycles. The van der Waals surface area contributed by atoms with Crippen molar-refractivity contribution in [2.75, 3.05) is 26.2 Å². The average molecular weight is 325 g/mol. The maximum absolute atomic E-state index is 2.90. The predicted octanol–water partition coefficient (Wildman–Crippen LogP) is 3.94. The molecule has 0 atom stereocenters. The second-order valence-corrected chi connectivity index (χ2v) is 9.22. The molecule has 2 nitrogen and oxygen atoms in total. The second kappa shape index (κ2) is 6.14. The summed E-state index contributed by atoms with van der Waals surface area (Å²) in [6, 6.07) is 10.1. The van der Waals surface area contributed by atoms with E-state index in [9.17, 15) is 0 Å². The lowest BCUT2D eigenvalue weighted by atomic mass is 9.54. The highest BCUT2D eigenvalue weighted by Crippen LogP contribution is 2.55. The fourth-order valence-electron chi connectivity index (χ4n) is 6.66. The highest BCUT2D eigenvalue weighted by molar-refractivity contribution is 5.21. The highest BCUT2D eigenvalue weighted by Gasteiger charge is 2.50. The molecule has 4 saturated carbocycles. The van der Waals surface area contributed by atoms with Crippen molar-refractivity contribution in [3.8, 4) is 0 Å². The summed E-state index contributed by atoms with van der Waals surface area (Å²) in [6.45, 7) is 8.44. The topological polar surface area (TPSA) is 6.48 Å². The summed E-state index contributed by atoms with van der Waals surface area (Å²) in [4.78, 5) is 5.57. The van der Waals surface area contributed by atoms with Gasteiger partial charge in [0.1, 0.15) is 0 Å². The van der Waals surface area contributed by atoms with Crippen LogP contribution in [0.5, 0.6) is 0 Å². The molecule has 4 aliphatic carbocycles. The Morgan fingerprint density at radius 3 is 1.96 bits per heavy atom. The van der Waals surface area contributed by atoms with Gasteiger partial charge in [0.2, 0.25) is 0 Å². The number of benzene rings is 1. The molecule has 24 heavy (non-hydrogen) atoms.